The minimum atomic E-state index is 0.597. The molecule has 5 nitrogen and oxygen atoms in total. The second kappa shape index (κ2) is 3.86. The van der Waals surface area contributed by atoms with Crippen molar-refractivity contribution in [2.45, 2.75) is 13.0 Å². The van der Waals surface area contributed by atoms with E-state index in [0.29, 0.717) is 12.4 Å². The summed E-state index contributed by atoms with van der Waals surface area (Å²) >= 11 is 0. The fraction of sp³-hybridized carbons (Fsp3) is 0.214. The molecule has 0 spiro atoms. The van der Waals surface area contributed by atoms with Crippen LogP contribution in [0.25, 0.3) is 22.0 Å². The van der Waals surface area contributed by atoms with E-state index in [-0.39, 0.29) is 0 Å². The summed E-state index contributed by atoms with van der Waals surface area (Å²) in [5, 5.41) is 7.95. The second-order valence-corrected chi connectivity index (χ2v) is 4.84. The Hall–Kier alpha value is -2.27. The molecule has 1 aliphatic rings. The maximum Gasteiger partial charge on any atom is 0.126 e. The van der Waals surface area contributed by atoms with Crippen LogP contribution in [-0.2, 0) is 17.8 Å². The normalized spacial score (nSPS) is 14.7. The number of hydrogen-bond donors (Lipinski definition) is 3. The minimum absolute atomic E-state index is 0.597. The molecule has 4 N–H and O–H groups in total. The van der Waals surface area contributed by atoms with E-state index in [1.54, 1.807) is 6.20 Å². The number of benzene rings is 1. The van der Waals surface area contributed by atoms with Crippen LogP contribution < -0.4 is 5.73 Å². The molecule has 2 aromatic heterocycles. The highest BCUT2D eigenvalue weighted by Gasteiger charge is 2.16. The zero-order valence-corrected chi connectivity index (χ0v) is 10.4. The molecule has 1 aromatic carbocycles. The Kier molecular flexibility index (Phi) is 2.16. The molecule has 0 amide bonds. The molecule has 0 saturated heterocycles. The lowest BCUT2D eigenvalue weighted by Crippen LogP contribution is -2.08. The Labute approximate surface area is 109 Å². The molecule has 4 rings (SSSR count). The molecule has 19 heavy (non-hydrogen) atoms. The van der Waals surface area contributed by atoms with Gasteiger partial charge in [0.25, 0.3) is 0 Å². The predicted octanol–water partition coefficient (Wildman–Crippen LogP) is 2.21. The first-order chi connectivity index (χ1) is 9.33. The summed E-state index contributed by atoms with van der Waals surface area (Å²) in [6.45, 7) is 1.47. The number of hydrogen-bond acceptors (Lipinski definition) is 3. The molecular formula is C14H14N4O. The average Bonchev–Trinajstić information content (AvgIpc) is 3.01. The summed E-state index contributed by atoms with van der Waals surface area (Å²) in [5.74, 6) is 0.597. The van der Waals surface area contributed by atoms with Gasteiger partial charge in [0.05, 0.1) is 19.4 Å². The summed E-state index contributed by atoms with van der Waals surface area (Å²) in [6, 6.07) is 6.31. The number of aromatic amines is 2. The number of nitrogens with two attached hydrogens (primary N) is 1. The van der Waals surface area contributed by atoms with Gasteiger partial charge in [0, 0.05) is 34.1 Å². The predicted molar refractivity (Wildman–Crippen MR) is 73.7 cm³/mol. The van der Waals surface area contributed by atoms with Crippen LogP contribution in [0.2, 0.25) is 0 Å². The minimum Gasteiger partial charge on any atom is -0.384 e. The molecule has 0 bridgehead atoms. The molecule has 3 heterocycles. The van der Waals surface area contributed by atoms with Crippen LogP contribution in [0.3, 0.4) is 0 Å². The first-order valence-electron chi connectivity index (χ1n) is 6.33. The van der Waals surface area contributed by atoms with E-state index in [0.717, 1.165) is 29.7 Å². The fourth-order valence-corrected chi connectivity index (χ4v) is 2.72. The summed E-state index contributed by atoms with van der Waals surface area (Å²) in [4.78, 5) is 3.47. The Morgan fingerprint density at radius 2 is 2.26 bits per heavy atom. The van der Waals surface area contributed by atoms with Gasteiger partial charge in [-0.2, -0.15) is 5.10 Å². The third-order valence-electron chi connectivity index (χ3n) is 3.72. The van der Waals surface area contributed by atoms with Gasteiger partial charge in [-0.25, -0.2) is 0 Å². The highest BCUT2D eigenvalue weighted by Crippen LogP contribution is 2.31. The SMILES string of the molecule is Nc1[nH]ncc1-c1ccc2[nH]c3c(c2c1)COCC3. The Morgan fingerprint density at radius 1 is 1.32 bits per heavy atom. The lowest BCUT2D eigenvalue weighted by molar-refractivity contribution is 0.111. The molecule has 5 heteroatoms. The van der Waals surface area contributed by atoms with Crippen LogP contribution in [-0.4, -0.2) is 21.8 Å². The first-order valence-corrected chi connectivity index (χ1v) is 6.33. The quantitative estimate of drug-likeness (QED) is 0.623. The van der Waals surface area contributed by atoms with E-state index in [2.05, 4.69) is 33.4 Å². The Balaban J connectivity index is 1.93. The molecule has 96 valence electrons. The highest BCUT2D eigenvalue weighted by molar-refractivity contribution is 5.90. The molecule has 0 atom stereocenters. The number of H-pyrrole nitrogens is 2. The zero-order chi connectivity index (χ0) is 12.8. The maximum absolute atomic E-state index is 5.88. The molecule has 0 radical (unpaired) electrons. The highest BCUT2D eigenvalue weighted by atomic mass is 16.5. The number of rotatable bonds is 1. The van der Waals surface area contributed by atoms with Gasteiger partial charge in [-0.3, -0.25) is 5.10 Å². The van der Waals surface area contributed by atoms with Crippen LogP contribution in [0, 0.1) is 0 Å². The first kappa shape index (κ1) is 10.6. The third kappa shape index (κ3) is 1.55. The van der Waals surface area contributed by atoms with Crippen molar-refractivity contribution in [3.05, 3.63) is 35.7 Å². The van der Waals surface area contributed by atoms with Crippen molar-refractivity contribution >= 4 is 16.7 Å². The molecule has 0 fully saturated rings. The Morgan fingerprint density at radius 3 is 3.11 bits per heavy atom. The van der Waals surface area contributed by atoms with Gasteiger partial charge in [-0.05, 0) is 17.7 Å². The van der Waals surface area contributed by atoms with Gasteiger partial charge in [0.1, 0.15) is 5.82 Å². The summed E-state index contributed by atoms with van der Waals surface area (Å²) in [7, 11) is 0. The van der Waals surface area contributed by atoms with E-state index in [4.69, 9.17) is 10.5 Å². The van der Waals surface area contributed by atoms with Crippen LogP contribution in [0.4, 0.5) is 5.82 Å². The topological polar surface area (TPSA) is 79.7 Å². The largest absolute Gasteiger partial charge is 0.384 e. The number of fused-ring (bicyclic) bond motifs is 3. The number of nitrogens with one attached hydrogen (secondary N) is 2. The van der Waals surface area contributed by atoms with Crippen molar-refractivity contribution < 1.29 is 4.74 Å². The van der Waals surface area contributed by atoms with E-state index < -0.39 is 0 Å². The van der Waals surface area contributed by atoms with Gasteiger partial charge >= 0.3 is 0 Å². The van der Waals surface area contributed by atoms with E-state index in [1.165, 1.54) is 16.6 Å². The molecule has 1 aliphatic heterocycles. The summed E-state index contributed by atoms with van der Waals surface area (Å²) < 4.78 is 5.55. The molecule has 3 aromatic rings. The molecule has 0 unspecified atom stereocenters. The molecule has 0 aliphatic carbocycles. The molecular weight excluding hydrogens is 240 g/mol. The van der Waals surface area contributed by atoms with Gasteiger partial charge < -0.3 is 15.5 Å². The number of nitrogen functional groups attached to an aromatic ring is 1. The van der Waals surface area contributed by atoms with Crippen molar-refractivity contribution in [1.29, 1.82) is 0 Å². The third-order valence-corrected chi connectivity index (χ3v) is 3.72. The lowest BCUT2D eigenvalue weighted by atomic mass is 10.0. The standard InChI is InChI=1S/C14H14N4O/c15-14-10(6-16-18-14)8-1-2-12-9(5-8)11-7-19-4-3-13(11)17-12/h1-2,5-6,17H,3-4,7H2,(H3,15,16,18). The Bertz CT molecular complexity index is 756. The van der Waals surface area contributed by atoms with Crippen LogP contribution in [0.1, 0.15) is 11.3 Å². The van der Waals surface area contributed by atoms with Crippen molar-refractivity contribution in [1.82, 2.24) is 15.2 Å². The van der Waals surface area contributed by atoms with E-state index in [9.17, 15) is 0 Å². The van der Waals surface area contributed by atoms with Gasteiger partial charge in [-0.1, -0.05) is 6.07 Å². The smallest absolute Gasteiger partial charge is 0.126 e. The van der Waals surface area contributed by atoms with Gasteiger partial charge in [0.2, 0.25) is 0 Å². The van der Waals surface area contributed by atoms with E-state index in [1.807, 2.05) is 0 Å². The summed E-state index contributed by atoms with van der Waals surface area (Å²) in [5.41, 5.74) is 11.6. The maximum atomic E-state index is 5.88. The number of ether oxygens (including phenoxy) is 1. The monoisotopic (exact) mass is 254 g/mol. The van der Waals surface area contributed by atoms with Crippen LogP contribution in [0.15, 0.2) is 24.4 Å². The van der Waals surface area contributed by atoms with E-state index >= 15 is 0 Å². The second-order valence-electron chi connectivity index (χ2n) is 4.84. The summed E-state index contributed by atoms with van der Waals surface area (Å²) in [6.07, 6.45) is 2.71. The number of anilines is 1. The van der Waals surface area contributed by atoms with Crippen molar-refractivity contribution in [2.75, 3.05) is 12.3 Å². The van der Waals surface area contributed by atoms with Gasteiger partial charge in [0.15, 0.2) is 0 Å². The van der Waals surface area contributed by atoms with Crippen LogP contribution in [0.5, 0.6) is 0 Å². The molecule has 0 saturated carbocycles. The van der Waals surface area contributed by atoms with Gasteiger partial charge in [-0.15, -0.1) is 0 Å². The van der Waals surface area contributed by atoms with Crippen molar-refractivity contribution in [3.8, 4) is 11.1 Å². The van der Waals surface area contributed by atoms with Crippen molar-refractivity contribution in [3.63, 3.8) is 0 Å². The van der Waals surface area contributed by atoms with Crippen molar-refractivity contribution in [2.24, 2.45) is 0 Å². The zero-order valence-electron chi connectivity index (χ0n) is 10.4. The number of aromatic nitrogens is 3. The lowest BCUT2D eigenvalue weighted by Gasteiger charge is -2.11. The fourth-order valence-electron chi connectivity index (χ4n) is 2.72. The average molecular weight is 254 g/mol. The number of nitrogens with zero attached hydrogens (tertiary/aromatic N) is 1. The van der Waals surface area contributed by atoms with Crippen LogP contribution >= 0.6 is 0 Å².